The fourth-order valence-corrected chi connectivity index (χ4v) is 4.48. The minimum absolute atomic E-state index is 0.453. The van der Waals surface area contributed by atoms with Crippen LogP contribution in [0.4, 0.5) is 0 Å². The van der Waals surface area contributed by atoms with Gasteiger partial charge < -0.3 is 0 Å². The molecule has 1 aliphatic rings. The number of carbonyl (C=O) groups is 1. The molecule has 3 nitrogen and oxygen atoms in total. The number of hydrogen-bond acceptors (Lipinski definition) is 4. The molecule has 0 radical (unpaired) electrons. The summed E-state index contributed by atoms with van der Waals surface area (Å²) in [6.45, 7) is 3.15. The van der Waals surface area contributed by atoms with Gasteiger partial charge in [0, 0.05) is 12.1 Å². The predicted octanol–water partition coefficient (Wildman–Crippen LogP) is 4.79. The predicted molar refractivity (Wildman–Crippen MR) is 108 cm³/mol. The van der Waals surface area contributed by atoms with Gasteiger partial charge in [0.05, 0.1) is 10.2 Å². The molecule has 0 N–H and O–H groups in total. The Kier molecular flexibility index (Phi) is 5.23. The average molecular weight is 362 g/mol. The number of rotatable bonds is 5. The quantitative estimate of drug-likeness (QED) is 0.483. The molecule has 1 aromatic heterocycles. The molecule has 0 atom stereocenters. The molecule has 1 saturated heterocycles. The Morgan fingerprint density at radius 1 is 1.08 bits per heavy atom. The second-order valence-electron chi connectivity index (χ2n) is 6.83. The van der Waals surface area contributed by atoms with E-state index in [4.69, 9.17) is 0 Å². The largest absolute Gasteiger partial charge is 0.299 e. The number of piperidine rings is 1. The summed E-state index contributed by atoms with van der Waals surface area (Å²) in [6.07, 6.45) is 5.29. The number of nitrogens with zero attached hydrogens (tertiary/aromatic N) is 2. The van der Waals surface area contributed by atoms with Gasteiger partial charge in [0.15, 0.2) is 6.29 Å². The smallest absolute Gasteiger partial charge is 0.152 e. The summed E-state index contributed by atoms with van der Waals surface area (Å²) in [5, 5.41) is 0.841. The molecule has 0 spiro atoms. The molecule has 0 bridgehead atoms. The lowest BCUT2D eigenvalue weighted by atomic mass is 9.94. The molecule has 4 heteroatoms. The van der Waals surface area contributed by atoms with Crippen LogP contribution in [0.3, 0.4) is 0 Å². The van der Waals surface area contributed by atoms with Crippen LogP contribution in [0.5, 0.6) is 0 Å². The van der Waals surface area contributed by atoms with Gasteiger partial charge in [-0.15, -0.1) is 11.3 Å². The van der Waals surface area contributed by atoms with E-state index in [1.807, 2.05) is 18.2 Å². The van der Waals surface area contributed by atoms with Crippen molar-refractivity contribution >= 4 is 33.4 Å². The number of thiazole rings is 1. The highest BCUT2D eigenvalue weighted by Gasteiger charge is 2.19. The Morgan fingerprint density at radius 3 is 2.54 bits per heavy atom. The molecular weight excluding hydrogens is 340 g/mol. The number of carbonyl (C=O) groups excluding carboxylic acids is 1. The van der Waals surface area contributed by atoms with E-state index in [1.54, 1.807) is 11.3 Å². The minimum atomic E-state index is 0.453. The molecule has 132 valence electrons. The first-order valence-electron chi connectivity index (χ1n) is 9.11. The molecule has 2 heterocycles. The van der Waals surface area contributed by atoms with Crippen LogP contribution in [0.2, 0.25) is 0 Å². The maximum Gasteiger partial charge on any atom is 0.152 e. The third kappa shape index (κ3) is 3.92. The van der Waals surface area contributed by atoms with Crippen molar-refractivity contribution in [2.24, 2.45) is 5.92 Å². The molecule has 0 amide bonds. The first-order chi connectivity index (χ1) is 12.8. The lowest BCUT2D eigenvalue weighted by Crippen LogP contribution is -2.32. The van der Waals surface area contributed by atoms with Gasteiger partial charge >= 0.3 is 0 Å². The average Bonchev–Trinajstić information content (AvgIpc) is 3.12. The van der Waals surface area contributed by atoms with Gasteiger partial charge in [-0.25, -0.2) is 4.98 Å². The summed E-state index contributed by atoms with van der Waals surface area (Å²) in [6, 6.07) is 18.7. The highest BCUT2D eigenvalue weighted by Crippen LogP contribution is 2.29. The second-order valence-corrected chi connectivity index (χ2v) is 7.86. The molecule has 2 aromatic carbocycles. The van der Waals surface area contributed by atoms with Crippen LogP contribution in [0.1, 0.15) is 23.4 Å². The maximum atomic E-state index is 11.6. The van der Waals surface area contributed by atoms with Crippen molar-refractivity contribution in [2.75, 3.05) is 13.1 Å². The molecular formula is C22H22N2OS. The van der Waals surface area contributed by atoms with Crippen molar-refractivity contribution in [3.05, 3.63) is 71.2 Å². The number of aldehydes is 1. The first kappa shape index (κ1) is 17.1. The van der Waals surface area contributed by atoms with E-state index in [0.717, 1.165) is 59.6 Å². The Balaban J connectivity index is 1.42. The summed E-state index contributed by atoms with van der Waals surface area (Å²) >= 11 is 1.60. The zero-order valence-electron chi connectivity index (χ0n) is 14.7. The van der Waals surface area contributed by atoms with Crippen molar-refractivity contribution in [3.8, 4) is 0 Å². The minimum Gasteiger partial charge on any atom is -0.299 e. The van der Waals surface area contributed by atoms with Crippen molar-refractivity contribution < 1.29 is 4.79 Å². The number of likely N-dealkylation sites (tertiary alicyclic amines) is 1. The molecule has 0 aliphatic carbocycles. The Labute approximate surface area is 158 Å². The standard InChI is InChI=1S/C22H22N2OS/c25-16-19(22-23-20-8-4-5-9-21(20)26-22)14-17-10-12-24(13-11-17)15-18-6-2-1-3-7-18/h1-9,14,16-17H,10-13,15H2. The number of hydrogen-bond donors (Lipinski definition) is 0. The van der Waals surface area contributed by atoms with Gasteiger partial charge in [0.2, 0.25) is 0 Å². The van der Waals surface area contributed by atoms with Gasteiger partial charge in [-0.1, -0.05) is 48.5 Å². The number of aromatic nitrogens is 1. The van der Waals surface area contributed by atoms with Crippen LogP contribution < -0.4 is 0 Å². The molecule has 0 unspecified atom stereocenters. The molecule has 1 aliphatic heterocycles. The first-order valence-corrected chi connectivity index (χ1v) is 9.93. The van der Waals surface area contributed by atoms with E-state index in [0.29, 0.717) is 5.92 Å². The normalized spacial score (nSPS) is 16.8. The summed E-state index contributed by atoms with van der Waals surface area (Å²) < 4.78 is 1.13. The zero-order valence-corrected chi connectivity index (χ0v) is 15.5. The molecule has 0 saturated carbocycles. The van der Waals surface area contributed by atoms with Crippen molar-refractivity contribution in [1.82, 2.24) is 9.88 Å². The van der Waals surface area contributed by atoms with Gasteiger partial charge in [0.1, 0.15) is 5.01 Å². The van der Waals surface area contributed by atoms with Gasteiger partial charge in [-0.3, -0.25) is 9.69 Å². The van der Waals surface area contributed by atoms with Gasteiger partial charge in [-0.2, -0.15) is 0 Å². The van der Waals surface area contributed by atoms with E-state index >= 15 is 0 Å². The number of fused-ring (bicyclic) bond motifs is 1. The summed E-state index contributed by atoms with van der Waals surface area (Å²) in [5.41, 5.74) is 3.08. The van der Waals surface area contributed by atoms with Crippen molar-refractivity contribution in [2.45, 2.75) is 19.4 Å². The highest BCUT2D eigenvalue weighted by molar-refractivity contribution is 7.19. The van der Waals surface area contributed by atoms with E-state index in [9.17, 15) is 4.79 Å². The third-order valence-electron chi connectivity index (χ3n) is 4.96. The van der Waals surface area contributed by atoms with Crippen molar-refractivity contribution in [1.29, 1.82) is 0 Å². The number of benzene rings is 2. The molecule has 4 rings (SSSR count). The Morgan fingerprint density at radius 2 is 1.81 bits per heavy atom. The zero-order chi connectivity index (χ0) is 17.8. The SMILES string of the molecule is O=CC(=CC1CCN(Cc2ccccc2)CC1)c1nc2ccccc2s1. The van der Waals surface area contributed by atoms with E-state index in [1.165, 1.54) is 5.56 Å². The van der Waals surface area contributed by atoms with Crippen LogP contribution in [0.25, 0.3) is 15.8 Å². The van der Waals surface area contributed by atoms with Crippen molar-refractivity contribution in [3.63, 3.8) is 0 Å². The Hall–Kier alpha value is -2.30. The molecule has 1 fully saturated rings. The van der Waals surface area contributed by atoms with Gasteiger partial charge in [-0.05, 0) is 49.5 Å². The van der Waals surface area contributed by atoms with Crippen LogP contribution in [0, 0.1) is 5.92 Å². The molecule has 26 heavy (non-hydrogen) atoms. The van der Waals surface area contributed by atoms with Crippen LogP contribution in [0.15, 0.2) is 60.7 Å². The number of para-hydroxylation sites is 1. The maximum absolute atomic E-state index is 11.6. The molecule has 3 aromatic rings. The monoisotopic (exact) mass is 362 g/mol. The second kappa shape index (κ2) is 7.94. The lowest BCUT2D eigenvalue weighted by Gasteiger charge is -2.30. The fraction of sp³-hybridized carbons (Fsp3) is 0.273. The summed E-state index contributed by atoms with van der Waals surface area (Å²) in [4.78, 5) is 18.8. The van der Waals surface area contributed by atoms with E-state index < -0.39 is 0 Å². The van der Waals surface area contributed by atoms with Gasteiger partial charge in [0.25, 0.3) is 0 Å². The highest BCUT2D eigenvalue weighted by atomic mass is 32.1. The summed E-state index contributed by atoms with van der Waals surface area (Å²) in [5.74, 6) is 0.453. The fourth-order valence-electron chi connectivity index (χ4n) is 3.53. The van der Waals surface area contributed by atoms with Crippen LogP contribution in [-0.2, 0) is 11.3 Å². The topological polar surface area (TPSA) is 33.2 Å². The third-order valence-corrected chi connectivity index (χ3v) is 6.05. The van der Waals surface area contributed by atoms with E-state index in [-0.39, 0.29) is 0 Å². The number of allylic oxidation sites excluding steroid dienone is 2. The lowest BCUT2D eigenvalue weighted by molar-refractivity contribution is -0.103. The van der Waals surface area contributed by atoms with E-state index in [2.05, 4.69) is 52.4 Å². The van der Waals surface area contributed by atoms with Crippen LogP contribution >= 0.6 is 11.3 Å². The summed E-state index contributed by atoms with van der Waals surface area (Å²) in [7, 11) is 0. The van der Waals surface area contributed by atoms with Crippen LogP contribution in [-0.4, -0.2) is 29.3 Å². The Bertz CT molecular complexity index is 875.